The number of ether oxygens (including phenoxy) is 1. The molecule has 0 spiro atoms. The Morgan fingerprint density at radius 1 is 1.31 bits per heavy atom. The maximum atomic E-state index is 12.6. The van der Waals surface area contributed by atoms with Crippen LogP contribution in [0.1, 0.15) is 31.7 Å². The predicted molar refractivity (Wildman–Crippen MR) is 95.5 cm³/mol. The fourth-order valence-corrected chi connectivity index (χ4v) is 3.28. The third-order valence-corrected chi connectivity index (χ3v) is 4.69. The van der Waals surface area contributed by atoms with E-state index >= 15 is 0 Å². The summed E-state index contributed by atoms with van der Waals surface area (Å²) in [6.07, 6.45) is 2.28. The van der Waals surface area contributed by atoms with Crippen LogP contribution in [-0.2, 0) is 25.5 Å². The second-order valence-electron chi connectivity index (χ2n) is 6.52. The Labute approximate surface area is 153 Å². The quantitative estimate of drug-likeness (QED) is 0.675. The molecular weight excluding hydrogens is 336 g/mol. The number of carbonyl (C=O) groups excluding carboxylic acids is 2. The summed E-state index contributed by atoms with van der Waals surface area (Å²) >= 11 is 0. The van der Waals surface area contributed by atoms with Gasteiger partial charge in [0.1, 0.15) is 12.1 Å². The molecule has 1 aliphatic heterocycles. The zero-order valence-corrected chi connectivity index (χ0v) is 15.2. The molecule has 1 aromatic rings. The van der Waals surface area contributed by atoms with E-state index in [1.165, 1.54) is 12.0 Å². The first-order chi connectivity index (χ1) is 12.4. The van der Waals surface area contributed by atoms with Crippen molar-refractivity contribution in [3.8, 4) is 0 Å². The number of carbonyl (C=O) groups is 3. The minimum absolute atomic E-state index is 0.302. The lowest BCUT2D eigenvalue weighted by Crippen LogP contribution is -2.53. The summed E-state index contributed by atoms with van der Waals surface area (Å²) in [6, 6.07) is 7.65. The molecule has 26 heavy (non-hydrogen) atoms. The molecule has 3 atom stereocenters. The van der Waals surface area contributed by atoms with Gasteiger partial charge in [-0.25, -0.2) is 4.79 Å². The maximum Gasteiger partial charge on any atom is 0.326 e. The van der Waals surface area contributed by atoms with Gasteiger partial charge in [-0.2, -0.15) is 0 Å². The fourth-order valence-electron chi connectivity index (χ4n) is 3.28. The van der Waals surface area contributed by atoms with Crippen LogP contribution in [0, 0.1) is 0 Å². The van der Waals surface area contributed by atoms with Gasteiger partial charge in [0.15, 0.2) is 0 Å². The predicted octanol–water partition coefficient (Wildman–Crippen LogP) is 1.21. The number of aliphatic carboxylic acids is 1. The maximum absolute atomic E-state index is 12.6. The molecule has 1 fully saturated rings. The average molecular weight is 362 g/mol. The van der Waals surface area contributed by atoms with Crippen LogP contribution in [0.25, 0.3) is 0 Å². The van der Waals surface area contributed by atoms with Crippen LogP contribution in [0.5, 0.6) is 0 Å². The zero-order chi connectivity index (χ0) is 19.1. The van der Waals surface area contributed by atoms with Crippen molar-refractivity contribution in [2.45, 2.75) is 50.7 Å². The number of nitrogens with zero attached hydrogens (tertiary/aromatic N) is 1. The summed E-state index contributed by atoms with van der Waals surface area (Å²) in [5.41, 5.74) is 1.09. The molecular formula is C19H26N2O5. The molecule has 1 saturated heterocycles. The monoisotopic (exact) mass is 362 g/mol. The van der Waals surface area contributed by atoms with E-state index in [1.807, 2.05) is 30.3 Å². The molecule has 1 aromatic carbocycles. The highest BCUT2D eigenvalue weighted by atomic mass is 16.5. The Morgan fingerprint density at radius 2 is 2.00 bits per heavy atom. The highest BCUT2D eigenvalue weighted by molar-refractivity contribution is 5.88. The minimum Gasteiger partial charge on any atom is -0.480 e. The number of esters is 1. The van der Waals surface area contributed by atoms with Crippen LogP contribution in [0.3, 0.4) is 0 Å². The van der Waals surface area contributed by atoms with Crippen molar-refractivity contribution in [3.63, 3.8) is 0 Å². The molecule has 1 aliphatic rings. The lowest BCUT2D eigenvalue weighted by molar-refractivity contribution is -0.150. The Kier molecular flexibility index (Phi) is 7.15. The second-order valence-corrected chi connectivity index (χ2v) is 6.52. The highest BCUT2D eigenvalue weighted by Gasteiger charge is 2.36. The van der Waals surface area contributed by atoms with Crippen molar-refractivity contribution in [2.75, 3.05) is 13.7 Å². The molecule has 1 amide bonds. The lowest BCUT2D eigenvalue weighted by Gasteiger charge is -2.27. The van der Waals surface area contributed by atoms with E-state index in [-0.39, 0.29) is 5.91 Å². The number of benzene rings is 1. The smallest absolute Gasteiger partial charge is 0.326 e. The number of likely N-dealkylation sites (tertiary alicyclic amines) is 1. The van der Waals surface area contributed by atoms with Gasteiger partial charge < -0.3 is 14.7 Å². The standard InChI is InChI=1S/C19H26N2O5/c1-13(17(22)21-12-6-9-16(21)18(23)24)20-15(19(25)26-2)11-10-14-7-4-3-5-8-14/h3-5,7-8,13,15-16,20H,6,9-12H2,1-2H3,(H,23,24)/t13-,15?,16-/m0/s1. The van der Waals surface area contributed by atoms with Crippen molar-refractivity contribution >= 4 is 17.8 Å². The first kappa shape index (κ1) is 19.9. The van der Waals surface area contributed by atoms with Crippen molar-refractivity contribution in [2.24, 2.45) is 0 Å². The van der Waals surface area contributed by atoms with Gasteiger partial charge in [-0.1, -0.05) is 30.3 Å². The van der Waals surface area contributed by atoms with E-state index in [4.69, 9.17) is 4.74 Å². The van der Waals surface area contributed by atoms with Crippen molar-refractivity contribution in [1.29, 1.82) is 0 Å². The molecule has 1 heterocycles. The molecule has 0 bridgehead atoms. The topological polar surface area (TPSA) is 95.9 Å². The number of amides is 1. The molecule has 0 radical (unpaired) electrons. The van der Waals surface area contributed by atoms with Gasteiger partial charge in [0.05, 0.1) is 13.2 Å². The summed E-state index contributed by atoms with van der Waals surface area (Å²) in [5.74, 6) is -1.73. The van der Waals surface area contributed by atoms with E-state index in [2.05, 4.69) is 5.32 Å². The summed E-state index contributed by atoms with van der Waals surface area (Å²) in [4.78, 5) is 37.4. The number of methoxy groups -OCH3 is 1. The molecule has 0 aliphatic carbocycles. The van der Waals surface area contributed by atoms with Crippen molar-refractivity contribution in [3.05, 3.63) is 35.9 Å². The van der Waals surface area contributed by atoms with Crippen LogP contribution in [0.4, 0.5) is 0 Å². The number of aryl methyl sites for hydroxylation is 1. The van der Waals surface area contributed by atoms with E-state index in [9.17, 15) is 19.5 Å². The Hall–Kier alpha value is -2.41. The number of hydrogen-bond acceptors (Lipinski definition) is 5. The number of carboxylic acids is 1. The van der Waals surface area contributed by atoms with E-state index < -0.39 is 30.1 Å². The zero-order valence-electron chi connectivity index (χ0n) is 15.2. The highest BCUT2D eigenvalue weighted by Crippen LogP contribution is 2.19. The van der Waals surface area contributed by atoms with Gasteiger partial charge in [-0.15, -0.1) is 0 Å². The molecule has 2 rings (SSSR count). The Balaban J connectivity index is 1.99. The van der Waals surface area contributed by atoms with Crippen molar-refractivity contribution < 1.29 is 24.2 Å². The van der Waals surface area contributed by atoms with Gasteiger partial charge in [-0.05, 0) is 38.2 Å². The van der Waals surface area contributed by atoms with Crippen LogP contribution >= 0.6 is 0 Å². The summed E-state index contributed by atoms with van der Waals surface area (Å²) in [7, 11) is 1.31. The summed E-state index contributed by atoms with van der Waals surface area (Å²) in [5, 5.41) is 12.3. The number of carboxylic acid groups (broad SMARTS) is 1. The van der Waals surface area contributed by atoms with Gasteiger partial charge in [0.25, 0.3) is 0 Å². The molecule has 0 aromatic heterocycles. The first-order valence-corrected chi connectivity index (χ1v) is 8.85. The van der Waals surface area contributed by atoms with Crippen LogP contribution in [-0.4, -0.2) is 59.6 Å². The molecule has 7 nitrogen and oxygen atoms in total. The van der Waals surface area contributed by atoms with E-state index in [0.29, 0.717) is 32.2 Å². The first-order valence-electron chi connectivity index (χ1n) is 8.85. The Bertz CT molecular complexity index is 634. The third-order valence-electron chi connectivity index (χ3n) is 4.69. The van der Waals surface area contributed by atoms with Gasteiger partial charge >= 0.3 is 11.9 Å². The van der Waals surface area contributed by atoms with Crippen molar-refractivity contribution in [1.82, 2.24) is 10.2 Å². The summed E-state index contributed by atoms with van der Waals surface area (Å²) < 4.78 is 4.85. The molecule has 7 heteroatoms. The summed E-state index contributed by atoms with van der Waals surface area (Å²) in [6.45, 7) is 2.08. The fraction of sp³-hybridized carbons (Fsp3) is 0.526. The third kappa shape index (κ3) is 5.05. The number of rotatable bonds is 8. The number of nitrogens with one attached hydrogen (secondary N) is 1. The average Bonchev–Trinajstić information content (AvgIpc) is 3.14. The normalized spacial score (nSPS) is 19.0. The largest absolute Gasteiger partial charge is 0.480 e. The van der Waals surface area contributed by atoms with E-state index in [1.54, 1.807) is 6.92 Å². The molecule has 1 unspecified atom stereocenters. The number of hydrogen-bond donors (Lipinski definition) is 2. The SMILES string of the molecule is COC(=O)C(CCc1ccccc1)N[C@@H](C)C(=O)N1CCC[C@H]1C(=O)O. The van der Waals surface area contributed by atoms with Crippen LogP contribution in [0.2, 0.25) is 0 Å². The van der Waals surface area contributed by atoms with Crippen LogP contribution in [0.15, 0.2) is 30.3 Å². The van der Waals surface area contributed by atoms with Gasteiger partial charge in [-0.3, -0.25) is 14.9 Å². The molecule has 142 valence electrons. The lowest BCUT2D eigenvalue weighted by atomic mass is 10.0. The van der Waals surface area contributed by atoms with Gasteiger partial charge in [0, 0.05) is 6.54 Å². The van der Waals surface area contributed by atoms with Gasteiger partial charge in [0.2, 0.25) is 5.91 Å². The van der Waals surface area contributed by atoms with Crippen LogP contribution < -0.4 is 5.32 Å². The molecule has 2 N–H and O–H groups in total. The van der Waals surface area contributed by atoms with E-state index in [0.717, 1.165) is 5.56 Å². The molecule has 0 saturated carbocycles. The Morgan fingerprint density at radius 3 is 2.62 bits per heavy atom. The second kappa shape index (κ2) is 9.33. The minimum atomic E-state index is -0.989.